The molecule has 0 aliphatic carbocycles. The molecule has 0 N–H and O–H groups in total. The van der Waals surface area contributed by atoms with Crippen LogP contribution < -0.4 is 47.5 Å². The largest absolute Gasteiger partial charge is 0.312 e. The van der Waals surface area contributed by atoms with Gasteiger partial charge in [0.25, 0.3) is 6.71 Å². The smallest absolute Gasteiger partial charge is 0.252 e. The summed E-state index contributed by atoms with van der Waals surface area (Å²) in [6.07, 6.45) is 0. The molecule has 3 heterocycles. The number of rotatable bonds is 4. The molecule has 0 spiro atoms. The van der Waals surface area contributed by atoms with Gasteiger partial charge in [-0.15, -0.1) is 0 Å². The fraction of sp³-hybridized carbons (Fsp3) is 0. The molecule has 0 saturated heterocycles. The molecule has 10 aromatic rings. The summed E-state index contributed by atoms with van der Waals surface area (Å²) in [5.41, 5.74) is 18.5. The molecule has 5 heteroatoms. The van der Waals surface area contributed by atoms with Crippen LogP contribution in [0.2, 0.25) is 0 Å². The van der Waals surface area contributed by atoms with Gasteiger partial charge in [0.2, 0.25) is 6.71 Å². The lowest BCUT2D eigenvalue weighted by molar-refractivity contribution is 1.24. The Balaban J connectivity index is 1.25. The SMILES string of the molecule is c1ccc(B2c3ccccc3N(c3cc4ccccc4c4ccccc34)c3cc4c5c(c32)N(c2ccccc2)c2ccccc2B5c2ccccc2N4c2ccccc2)cc1. The number of hydrogen-bond acceptors (Lipinski definition) is 3. The van der Waals surface area contributed by atoms with Crippen LogP contribution in [0.4, 0.5) is 51.2 Å². The zero-order chi connectivity index (χ0) is 40.0. The van der Waals surface area contributed by atoms with Gasteiger partial charge >= 0.3 is 0 Å². The van der Waals surface area contributed by atoms with Gasteiger partial charge < -0.3 is 14.7 Å². The molecule has 0 fully saturated rings. The molecule has 0 atom stereocenters. The first-order valence-electron chi connectivity index (χ1n) is 21.3. The average Bonchev–Trinajstić information content (AvgIpc) is 3.33. The maximum absolute atomic E-state index is 2.60. The molecule has 0 aromatic heterocycles. The number of fused-ring (bicyclic) bond motifs is 10. The number of anilines is 9. The molecule has 3 aliphatic heterocycles. The van der Waals surface area contributed by atoms with Crippen LogP contribution >= 0.6 is 0 Å². The predicted molar refractivity (Wildman–Crippen MR) is 261 cm³/mol. The number of benzene rings is 10. The Labute approximate surface area is 356 Å². The van der Waals surface area contributed by atoms with E-state index < -0.39 is 0 Å². The maximum Gasteiger partial charge on any atom is 0.252 e. The van der Waals surface area contributed by atoms with Gasteiger partial charge in [-0.25, -0.2) is 0 Å². The highest BCUT2D eigenvalue weighted by Gasteiger charge is 2.48. The van der Waals surface area contributed by atoms with E-state index in [1.165, 1.54) is 94.1 Å². The fourth-order valence-corrected chi connectivity index (χ4v) is 10.8. The summed E-state index contributed by atoms with van der Waals surface area (Å²) in [6, 6.07) is 83.2. The molecular formula is C56H37B2N3. The molecule has 0 unspecified atom stereocenters. The van der Waals surface area contributed by atoms with Gasteiger partial charge in [-0.1, -0.05) is 175 Å². The Morgan fingerprint density at radius 2 is 0.721 bits per heavy atom. The van der Waals surface area contributed by atoms with Crippen molar-refractivity contribution in [3.05, 3.63) is 224 Å². The summed E-state index contributed by atoms with van der Waals surface area (Å²) in [7, 11) is 0. The lowest BCUT2D eigenvalue weighted by Crippen LogP contribution is -2.66. The molecule has 3 aliphatic rings. The summed E-state index contributed by atoms with van der Waals surface area (Å²) in [5.74, 6) is 0. The van der Waals surface area contributed by atoms with Crippen LogP contribution in [-0.2, 0) is 0 Å². The monoisotopic (exact) mass is 773 g/mol. The van der Waals surface area contributed by atoms with Crippen molar-refractivity contribution in [2.75, 3.05) is 14.7 Å². The van der Waals surface area contributed by atoms with Crippen molar-refractivity contribution < 1.29 is 0 Å². The van der Waals surface area contributed by atoms with Crippen molar-refractivity contribution >= 4 is 119 Å². The summed E-state index contributed by atoms with van der Waals surface area (Å²) < 4.78 is 0. The quantitative estimate of drug-likeness (QED) is 0.130. The summed E-state index contributed by atoms with van der Waals surface area (Å²) >= 11 is 0. The zero-order valence-electron chi connectivity index (χ0n) is 33.4. The van der Waals surface area contributed by atoms with Crippen molar-refractivity contribution in [2.24, 2.45) is 0 Å². The van der Waals surface area contributed by atoms with Crippen LogP contribution in [0.5, 0.6) is 0 Å². The van der Waals surface area contributed by atoms with E-state index in [0.717, 1.165) is 11.4 Å². The van der Waals surface area contributed by atoms with Gasteiger partial charge in [0.15, 0.2) is 0 Å². The Hall–Kier alpha value is -7.75. The lowest BCUT2D eigenvalue weighted by atomic mass is 9.30. The fourth-order valence-electron chi connectivity index (χ4n) is 10.8. The van der Waals surface area contributed by atoms with Gasteiger partial charge in [-0.2, -0.15) is 0 Å². The second-order valence-electron chi connectivity index (χ2n) is 16.4. The van der Waals surface area contributed by atoms with E-state index in [9.17, 15) is 0 Å². The van der Waals surface area contributed by atoms with E-state index in [4.69, 9.17) is 0 Å². The molecule has 282 valence electrons. The van der Waals surface area contributed by atoms with Crippen LogP contribution in [0.15, 0.2) is 224 Å². The third kappa shape index (κ3) is 4.95. The van der Waals surface area contributed by atoms with Gasteiger partial charge in [-0.3, -0.25) is 0 Å². The average molecular weight is 774 g/mol. The van der Waals surface area contributed by atoms with Crippen molar-refractivity contribution in [1.29, 1.82) is 0 Å². The first-order valence-corrected chi connectivity index (χ1v) is 21.3. The first-order chi connectivity index (χ1) is 30.3. The molecule has 0 radical (unpaired) electrons. The summed E-state index contributed by atoms with van der Waals surface area (Å²) in [6.45, 7) is -0.0543. The summed E-state index contributed by atoms with van der Waals surface area (Å²) in [5, 5.41) is 4.95. The summed E-state index contributed by atoms with van der Waals surface area (Å²) in [4.78, 5) is 7.70. The van der Waals surface area contributed by atoms with Crippen molar-refractivity contribution in [3.63, 3.8) is 0 Å². The zero-order valence-corrected chi connectivity index (χ0v) is 33.4. The van der Waals surface area contributed by atoms with Crippen LogP contribution in [0.1, 0.15) is 0 Å². The second kappa shape index (κ2) is 13.4. The van der Waals surface area contributed by atoms with E-state index in [-0.39, 0.29) is 13.4 Å². The van der Waals surface area contributed by atoms with E-state index in [1.54, 1.807) is 0 Å². The van der Waals surface area contributed by atoms with Gasteiger partial charge in [0, 0.05) is 50.9 Å². The normalized spacial score (nSPS) is 13.4. The number of nitrogens with zero attached hydrogens (tertiary/aromatic N) is 3. The number of para-hydroxylation sites is 5. The number of hydrogen-bond donors (Lipinski definition) is 0. The minimum absolute atomic E-state index is 0.00571. The lowest BCUT2D eigenvalue weighted by Gasteiger charge is -2.48. The standard InChI is InChI=1S/C56H37B2N3/c1-4-21-39(22-5-1)57-45-30-14-19-35-50(45)61(51-36-38-20-10-11-27-42(38)43-28-12-13-29-44(43)51)53-37-52-55-56(54(53)57)60(41-25-8-3-9-26-41)49-34-18-16-32-47(49)58(55)46-31-15-17-33-48(46)59(52)40-23-6-2-7-24-40/h1-37H. The molecule has 0 bridgehead atoms. The third-order valence-corrected chi connectivity index (χ3v) is 13.2. The molecule has 0 saturated carbocycles. The Morgan fingerprint density at radius 3 is 1.38 bits per heavy atom. The van der Waals surface area contributed by atoms with Crippen molar-refractivity contribution in [1.82, 2.24) is 0 Å². The third-order valence-electron chi connectivity index (χ3n) is 13.2. The molecule has 10 aromatic carbocycles. The highest BCUT2D eigenvalue weighted by Crippen LogP contribution is 2.49. The van der Waals surface area contributed by atoms with Crippen molar-refractivity contribution in [2.45, 2.75) is 0 Å². The van der Waals surface area contributed by atoms with Gasteiger partial charge in [-0.05, 0) is 98.1 Å². The molecule has 0 amide bonds. The van der Waals surface area contributed by atoms with Gasteiger partial charge in [0.05, 0.1) is 5.69 Å². The Morgan fingerprint density at radius 1 is 0.279 bits per heavy atom. The minimum atomic E-state index is -0.0601. The van der Waals surface area contributed by atoms with Crippen molar-refractivity contribution in [3.8, 4) is 0 Å². The van der Waals surface area contributed by atoms with Gasteiger partial charge in [0.1, 0.15) is 0 Å². The topological polar surface area (TPSA) is 9.72 Å². The highest BCUT2D eigenvalue weighted by atomic mass is 15.2. The molecule has 13 rings (SSSR count). The Kier molecular flexibility index (Phi) is 7.49. The van der Waals surface area contributed by atoms with E-state index in [0.29, 0.717) is 0 Å². The molecule has 3 nitrogen and oxygen atoms in total. The van der Waals surface area contributed by atoms with E-state index in [2.05, 4.69) is 239 Å². The van der Waals surface area contributed by atoms with E-state index in [1.807, 2.05) is 0 Å². The van der Waals surface area contributed by atoms with Crippen LogP contribution in [-0.4, -0.2) is 13.4 Å². The molecule has 61 heavy (non-hydrogen) atoms. The maximum atomic E-state index is 2.60. The van der Waals surface area contributed by atoms with Crippen LogP contribution in [0, 0.1) is 0 Å². The highest BCUT2D eigenvalue weighted by molar-refractivity contribution is 7.03. The van der Waals surface area contributed by atoms with Crippen LogP contribution in [0.3, 0.4) is 0 Å². The first kappa shape index (κ1) is 34.1. The second-order valence-corrected chi connectivity index (χ2v) is 16.4. The minimum Gasteiger partial charge on any atom is -0.312 e. The van der Waals surface area contributed by atoms with E-state index >= 15 is 0 Å². The predicted octanol–water partition coefficient (Wildman–Crippen LogP) is 10.4. The Bertz CT molecular complexity index is 3340. The van der Waals surface area contributed by atoms with Crippen LogP contribution in [0.25, 0.3) is 21.5 Å². The molecular weight excluding hydrogens is 736 g/mol.